The number of rotatable bonds is 7. The summed E-state index contributed by atoms with van der Waals surface area (Å²) in [5.41, 5.74) is 3.20. The topological polar surface area (TPSA) is 100 Å². The van der Waals surface area contributed by atoms with Crippen LogP contribution in [0.3, 0.4) is 0 Å². The molecule has 0 saturated carbocycles. The zero-order valence-corrected chi connectivity index (χ0v) is 14.8. The number of nitrogens with one attached hydrogen (secondary N) is 2. The van der Waals surface area contributed by atoms with Gasteiger partial charge in [0.25, 0.3) is 0 Å². The molecule has 0 aliphatic heterocycles. The number of phenolic OH excluding ortho intramolecular Hbond substituents is 1. The Kier molecular flexibility index (Phi) is 6.99. The van der Waals surface area contributed by atoms with Gasteiger partial charge in [-0.15, -0.1) is 0 Å². The van der Waals surface area contributed by atoms with Crippen LogP contribution in [0.1, 0.15) is 18.4 Å². The third-order valence-electron chi connectivity index (χ3n) is 3.34. The maximum atomic E-state index is 11.9. The van der Waals surface area contributed by atoms with Crippen LogP contribution in [0.4, 0.5) is 5.69 Å². The van der Waals surface area contributed by atoms with E-state index in [0.717, 1.165) is 0 Å². The minimum atomic E-state index is -0.432. The van der Waals surface area contributed by atoms with E-state index in [4.69, 9.17) is 16.3 Å². The van der Waals surface area contributed by atoms with Crippen LogP contribution >= 0.6 is 11.6 Å². The fourth-order valence-corrected chi connectivity index (χ4v) is 2.23. The molecule has 0 aromatic heterocycles. The first kappa shape index (κ1) is 19.3. The van der Waals surface area contributed by atoms with E-state index >= 15 is 0 Å². The highest BCUT2D eigenvalue weighted by molar-refractivity contribution is 6.30. The highest BCUT2D eigenvalue weighted by Crippen LogP contribution is 2.23. The Morgan fingerprint density at radius 1 is 1.19 bits per heavy atom. The van der Waals surface area contributed by atoms with Crippen LogP contribution in [0, 0.1) is 0 Å². The summed E-state index contributed by atoms with van der Waals surface area (Å²) in [6.45, 7) is 0. The first-order valence-electron chi connectivity index (χ1n) is 7.73. The molecule has 0 unspecified atom stereocenters. The van der Waals surface area contributed by atoms with E-state index in [0.29, 0.717) is 22.0 Å². The van der Waals surface area contributed by atoms with Gasteiger partial charge in [-0.1, -0.05) is 23.7 Å². The van der Waals surface area contributed by atoms with Crippen LogP contribution < -0.4 is 15.5 Å². The van der Waals surface area contributed by atoms with Gasteiger partial charge in [0, 0.05) is 23.4 Å². The molecule has 2 aromatic rings. The summed E-state index contributed by atoms with van der Waals surface area (Å²) >= 11 is 5.82. The van der Waals surface area contributed by atoms with E-state index in [1.165, 1.54) is 31.5 Å². The normalized spacial score (nSPS) is 10.5. The average Bonchev–Trinajstić information content (AvgIpc) is 2.63. The zero-order chi connectivity index (χ0) is 18.9. The number of halogens is 1. The maximum Gasteiger partial charge on any atom is 0.240 e. The average molecular weight is 376 g/mol. The number of carbonyl (C=O) groups is 2. The lowest BCUT2D eigenvalue weighted by molar-refractivity contribution is -0.124. The van der Waals surface area contributed by atoms with Crippen LogP contribution in [-0.2, 0) is 9.59 Å². The number of para-hydroxylation sites is 2. The molecule has 0 aliphatic carbocycles. The van der Waals surface area contributed by atoms with Gasteiger partial charge in [-0.05, 0) is 30.3 Å². The lowest BCUT2D eigenvalue weighted by Gasteiger charge is -2.09. The monoisotopic (exact) mass is 375 g/mol. The summed E-state index contributed by atoms with van der Waals surface area (Å²) in [5.74, 6) is -0.223. The van der Waals surface area contributed by atoms with Crippen molar-refractivity contribution in [3.05, 3.63) is 53.1 Å². The van der Waals surface area contributed by atoms with Gasteiger partial charge in [-0.3, -0.25) is 9.59 Å². The van der Waals surface area contributed by atoms with E-state index < -0.39 is 5.91 Å². The molecular weight excluding hydrogens is 358 g/mol. The van der Waals surface area contributed by atoms with Crippen molar-refractivity contribution in [2.45, 2.75) is 12.8 Å². The van der Waals surface area contributed by atoms with Gasteiger partial charge in [0.2, 0.25) is 11.8 Å². The second-order valence-corrected chi connectivity index (χ2v) is 5.68. The Hall–Kier alpha value is -3.06. The minimum Gasteiger partial charge on any atom is -0.507 e. The Morgan fingerprint density at radius 3 is 2.69 bits per heavy atom. The summed E-state index contributed by atoms with van der Waals surface area (Å²) < 4.78 is 5.14. The van der Waals surface area contributed by atoms with Crippen LogP contribution in [0.15, 0.2) is 47.6 Å². The number of nitrogens with zero attached hydrogens (tertiary/aromatic N) is 1. The Labute approximate surface area is 155 Å². The minimum absolute atomic E-state index is 0.0106. The van der Waals surface area contributed by atoms with Crippen molar-refractivity contribution in [2.24, 2.45) is 5.10 Å². The third kappa shape index (κ3) is 5.78. The van der Waals surface area contributed by atoms with Gasteiger partial charge < -0.3 is 15.2 Å². The highest BCUT2D eigenvalue weighted by atomic mass is 35.5. The highest BCUT2D eigenvalue weighted by Gasteiger charge is 2.09. The molecule has 8 heteroatoms. The van der Waals surface area contributed by atoms with Crippen molar-refractivity contribution in [1.82, 2.24) is 5.43 Å². The Bertz CT molecular complexity index is 824. The van der Waals surface area contributed by atoms with Crippen LogP contribution in [0.25, 0.3) is 0 Å². The van der Waals surface area contributed by atoms with Crippen molar-refractivity contribution in [3.8, 4) is 11.5 Å². The molecule has 0 aliphatic rings. The number of hydrogen-bond donors (Lipinski definition) is 3. The number of aromatic hydroxyl groups is 1. The number of hydrazone groups is 1. The summed E-state index contributed by atoms with van der Waals surface area (Å²) in [6.07, 6.45) is 1.22. The number of phenols is 1. The molecule has 0 saturated heterocycles. The third-order valence-corrected chi connectivity index (χ3v) is 3.58. The molecule has 2 amide bonds. The van der Waals surface area contributed by atoms with Gasteiger partial charge in [0.1, 0.15) is 11.5 Å². The van der Waals surface area contributed by atoms with Crippen molar-refractivity contribution in [2.75, 3.05) is 12.4 Å². The number of amides is 2. The van der Waals surface area contributed by atoms with Gasteiger partial charge in [-0.2, -0.15) is 5.10 Å². The first-order chi connectivity index (χ1) is 12.5. The number of ether oxygens (including phenoxy) is 1. The van der Waals surface area contributed by atoms with Crippen molar-refractivity contribution in [3.63, 3.8) is 0 Å². The summed E-state index contributed by atoms with van der Waals surface area (Å²) in [6, 6.07) is 11.5. The number of hydrogen-bond acceptors (Lipinski definition) is 5. The van der Waals surface area contributed by atoms with Gasteiger partial charge >= 0.3 is 0 Å². The van der Waals surface area contributed by atoms with Gasteiger partial charge in [0.05, 0.1) is 19.0 Å². The van der Waals surface area contributed by atoms with Crippen molar-refractivity contribution < 1.29 is 19.4 Å². The predicted molar refractivity (Wildman–Crippen MR) is 99.7 cm³/mol. The lowest BCUT2D eigenvalue weighted by Crippen LogP contribution is -2.20. The molecule has 7 nitrogen and oxygen atoms in total. The predicted octanol–water partition coefficient (Wildman–Crippen LogP) is 2.92. The molecule has 0 radical (unpaired) electrons. The fourth-order valence-electron chi connectivity index (χ4n) is 2.05. The Morgan fingerprint density at radius 2 is 1.92 bits per heavy atom. The standard InChI is InChI=1S/C18H18ClN3O4/c1-26-16-5-3-2-4-14(16)21-17(24)8-9-18(25)22-20-11-12-10-13(19)6-7-15(12)23/h2-7,10-11,23H,8-9H2,1H3,(H,21,24)(H,22,25). The molecule has 0 atom stereocenters. The molecule has 2 aromatic carbocycles. The molecule has 136 valence electrons. The maximum absolute atomic E-state index is 11.9. The molecule has 3 N–H and O–H groups in total. The molecule has 0 bridgehead atoms. The zero-order valence-electron chi connectivity index (χ0n) is 14.0. The van der Waals surface area contributed by atoms with Gasteiger partial charge in [-0.25, -0.2) is 5.43 Å². The second-order valence-electron chi connectivity index (χ2n) is 5.24. The van der Waals surface area contributed by atoms with E-state index in [1.807, 2.05) is 0 Å². The van der Waals surface area contributed by atoms with Crippen LogP contribution in [-0.4, -0.2) is 30.2 Å². The quantitative estimate of drug-likeness (QED) is 0.511. The molecule has 2 rings (SSSR count). The van der Waals surface area contributed by atoms with Gasteiger partial charge in [0.15, 0.2) is 0 Å². The summed E-state index contributed by atoms with van der Waals surface area (Å²) in [5, 5.41) is 16.5. The first-order valence-corrected chi connectivity index (χ1v) is 8.10. The van der Waals surface area contributed by atoms with Crippen molar-refractivity contribution in [1.29, 1.82) is 0 Å². The van der Waals surface area contributed by atoms with E-state index in [-0.39, 0.29) is 24.5 Å². The number of benzene rings is 2. The number of carbonyl (C=O) groups excluding carboxylic acids is 2. The molecule has 26 heavy (non-hydrogen) atoms. The lowest BCUT2D eigenvalue weighted by atomic mass is 10.2. The smallest absolute Gasteiger partial charge is 0.240 e. The van der Waals surface area contributed by atoms with E-state index in [1.54, 1.807) is 24.3 Å². The molecule has 0 fully saturated rings. The largest absolute Gasteiger partial charge is 0.507 e. The fraction of sp³-hybridized carbons (Fsp3) is 0.167. The van der Waals surface area contributed by atoms with Crippen LogP contribution in [0.5, 0.6) is 11.5 Å². The summed E-state index contributed by atoms with van der Waals surface area (Å²) in [4.78, 5) is 23.7. The number of anilines is 1. The van der Waals surface area contributed by atoms with Crippen molar-refractivity contribution >= 4 is 35.3 Å². The summed E-state index contributed by atoms with van der Waals surface area (Å²) in [7, 11) is 1.51. The SMILES string of the molecule is COc1ccccc1NC(=O)CCC(=O)NN=Cc1cc(Cl)ccc1O. The van der Waals surface area contributed by atoms with E-state index in [9.17, 15) is 14.7 Å². The molecule has 0 heterocycles. The Balaban J connectivity index is 1.80. The van der Waals surface area contributed by atoms with E-state index in [2.05, 4.69) is 15.8 Å². The molecular formula is C18H18ClN3O4. The molecule has 0 spiro atoms. The van der Waals surface area contributed by atoms with Crippen LogP contribution in [0.2, 0.25) is 5.02 Å². The second kappa shape index (κ2) is 9.43. The number of methoxy groups -OCH3 is 1.